The molecule has 0 fully saturated rings. The molecule has 4 aromatic rings. The summed E-state index contributed by atoms with van der Waals surface area (Å²) in [5.74, 6) is 1.10. The van der Waals surface area contributed by atoms with Crippen LogP contribution in [-0.2, 0) is 0 Å². The van der Waals surface area contributed by atoms with Crippen molar-refractivity contribution in [3.63, 3.8) is 0 Å². The number of nitrogens with zero attached hydrogens (tertiary/aromatic N) is 3. The first-order chi connectivity index (χ1) is 16.5. The van der Waals surface area contributed by atoms with Gasteiger partial charge in [-0.25, -0.2) is 9.18 Å². The Morgan fingerprint density at radius 2 is 1.91 bits per heavy atom. The van der Waals surface area contributed by atoms with Gasteiger partial charge in [-0.3, -0.25) is 4.90 Å². The summed E-state index contributed by atoms with van der Waals surface area (Å²) >= 11 is 1.50. The Labute approximate surface area is 199 Å². The van der Waals surface area contributed by atoms with Crippen LogP contribution in [0.25, 0.3) is 16.3 Å². The number of hydrogen-bond acceptors (Lipinski definition) is 6. The number of halogens is 1. The van der Waals surface area contributed by atoms with Gasteiger partial charge >= 0.3 is 6.03 Å². The highest BCUT2D eigenvalue weighted by atomic mass is 32.1. The lowest BCUT2D eigenvalue weighted by Gasteiger charge is -2.35. The van der Waals surface area contributed by atoms with E-state index in [0.29, 0.717) is 40.7 Å². The van der Waals surface area contributed by atoms with Crippen molar-refractivity contribution in [2.75, 3.05) is 11.5 Å². The second kappa shape index (κ2) is 9.11. The van der Waals surface area contributed by atoms with Gasteiger partial charge < -0.3 is 14.6 Å². The number of aromatic nitrogens is 2. The minimum absolute atomic E-state index is 0.283. The molecular weight excluding hydrogens is 455 g/mol. The number of ether oxygens (including phenoxy) is 1. The zero-order valence-electron chi connectivity index (χ0n) is 18.5. The lowest BCUT2D eigenvalue weighted by molar-refractivity contribution is 0.244. The van der Waals surface area contributed by atoms with Crippen molar-refractivity contribution < 1.29 is 18.4 Å². The minimum atomic E-state index is -0.594. The summed E-state index contributed by atoms with van der Waals surface area (Å²) in [6, 6.07) is 16.2. The molecule has 0 aliphatic carbocycles. The fraction of sp³-hybridized carbons (Fsp3) is 0.160. The third-order valence-corrected chi connectivity index (χ3v) is 6.36. The number of benzene rings is 2. The molecule has 0 saturated carbocycles. The highest BCUT2D eigenvalue weighted by Crippen LogP contribution is 2.39. The summed E-state index contributed by atoms with van der Waals surface area (Å²) in [5, 5.41) is 9.09. The van der Waals surface area contributed by atoms with Crippen molar-refractivity contribution in [2.45, 2.75) is 19.9 Å². The number of carbonyl (C=O) groups excluding carboxylic acids is 1. The van der Waals surface area contributed by atoms with Gasteiger partial charge in [-0.05, 0) is 67.3 Å². The maximum atomic E-state index is 13.6. The van der Waals surface area contributed by atoms with Crippen LogP contribution in [0.3, 0.4) is 0 Å². The SMILES string of the molecule is CCOc1ccc(N2C(=O)NC(c3ccc(F)cc3)C(c3nc(-c4cccs4)no3)=C2C)cc1. The van der Waals surface area contributed by atoms with E-state index in [1.807, 2.05) is 55.6 Å². The molecule has 1 aliphatic rings. The van der Waals surface area contributed by atoms with Crippen LogP contribution in [-0.4, -0.2) is 22.8 Å². The number of urea groups is 1. The van der Waals surface area contributed by atoms with Gasteiger partial charge in [-0.2, -0.15) is 4.98 Å². The minimum Gasteiger partial charge on any atom is -0.494 e. The maximum Gasteiger partial charge on any atom is 0.326 e. The number of hydrogen-bond donors (Lipinski definition) is 1. The van der Waals surface area contributed by atoms with E-state index >= 15 is 0 Å². The van der Waals surface area contributed by atoms with Gasteiger partial charge in [0.15, 0.2) is 0 Å². The van der Waals surface area contributed by atoms with Crippen molar-refractivity contribution in [1.82, 2.24) is 15.5 Å². The molecule has 34 heavy (non-hydrogen) atoms. The van der Waals surface area contributed by atoms with Crippen molar-refractivity contribution in [3.05, 3.63) is 89.0 Å². The Hall–Kier alpha value is -3.98. The molecule has 1 unspecified atom stereocenters. The summed E-state index contributed by atoms with van der Waals surface area (Å²) in [6.07, 6.45) is 0. The first-order valence-corrected chi connectivity index (χ1v) is 11.6. The van der Waals surface area contributed by atoms with Crippen LogP contribution < -0.4 is 15.0 Å². The third-order valence-electron chi connectivity index (χ3n) is 5.49. The molecule has 172 valence electrons. The smallest absolute Gasteiger partial charge is 0.326 e. The molecule has 9 heteroatoms. The quantitative estimate of drug-likeness (QED) is 0.367. The molecule has 3 heterocycles. The molecule has 0 saturated heterocycles. The Morgan fingerprint density at radius 1 is 1.15 bits per heavy atom. The number of allylic oxidation sites excluding steroid dienone is 1. The van der Waals surface area contributed by atoms with Crippen molar-refractivity contribution in [3.8, 4) is 16.5 Å². The van der Waals surface area contributed by atoms with E-state index in [-0.39, 0.29) is 17.7 Å². The maximum absolute atomic E-state index is 13.6. The molecule has 0 bridgehead atoms. The highest BCUT2D eigenvalue weighted by molar-refractivity contribution is 7.13. The lowest BCUT2D eigenvalue weighted by Crippen LogP contribution is -2.46. The van der Waals surface area contributed by atoms with E-state index in [9.17, 15) is 9.18 Å². The predicted molar refractivity (Wildman–Crippen MR) is 128 cm³/mol. The van der Waals surface area contributed by atoms with E-state index in [4.69, 9.17) is 9.26 Å². The average Bonchev–Trinajstić information content (AvgIpc) is 3.53. The van der Waals surface area contributed by atoms with Crippen LogP contribution in [0.5, 0.6) is 5.75 Å². The van der Waals surface area contributed by atoms with Gasteiger partial charge in [-0.1, -0.05) is 23.4 Å². The molecular formula is C25H21FN4O3S. The fourth-order valence-corrected chi connectivity index (χ4v) is 4.58. The van der Waals surface area contributed by atoms with E-state index in [2.05, 4.69) is 15.5 Å². The van der Waals surface area contributed by atoms with Crippen LogP contribution in [0.4, 0.5) is 14.9 Å². The van der Waals surface area contributed by atoms with Crippen molar-refractivity contribution in [1.29, 1.82) is 0 Å². The topological polar surface area (TPSA) is 80.5 Å². The van der Waals surface area contributed by atoms with E-state index < -0.39 is 6.04 Å². The molecule has 0 spiro atoms. The van der Waals surface area contributed by atoms with E-state index in [1.165, 1.54) is 23.5 Å². The number of thiophene rings is 1. The van der Waals surface area contributed by atoms with Crippen molar-refractivity contribution >= 4 is 28.6 Å². The largest absolute Gasteiger partial charge is 0.494 e. The number of carbonyl (C=O) groups is 1. The molecule has 7 nitrogen and oxygen atoms in total. The predicted octanol–water partition coefficient (Wildman–Crippen LogP) is 6.04. The lowest BCUT2D eigenvalue weighted by atomic mass is 9.94. The second-order valence-electron chi connectivity index (χ2n) is 7.60. The molecule has 2 amide bonds. The van der Waals surface area contributed by atoms with Crippen LogP contribution in [0, 0.1) is 5.82 Å². The van der Waals surface area contributed by atoms with Gasteiger partial charge in [0.05, 0.1) is 28.8 Å². The second-order valence-corrected chi connectivity index (χ2v) is 8.54. The number of nitrogens with one attached hydrogen (secondary N) is 1. The van der Waals surface area contributed by atoms with Crippen LogP contribution in [0.15, 0.2) is 76.3 Å². The molecule has 5 rings (SSSR count). The Morgan fingerprint density at radius 3 is 2.59 bits per heavy atom. The Balaban J connectivity index is 1.62. The Bertz CT molecular complexity index is 1330. The van der Waals surface area contributed by atoms with Gasteiger partial charge in [0.1, 0.15) is 11.6 Å². The molecule has 1 aliphatic heterocycles. The molecule has 2 aromatic carbocycles. The first kappa shape index (κ1) is 21.8. The van der Waals surface area contributed by atoms with Crippen LogP contribution in [0.1, 0.15) is 31.3 Å². The summed E-state index contributed by atoms with van der Waals surface area (Å²) < 4.78 is 24.8. The average molecular weight is 477 g/mol. The van der Waals surface area contributed by atoms with E-state index in [0.717, 1.165) is 4.88 Å². The summed E-state index contributed by atoms with van der Waals surface area (Å²) in [7, 11) is 0. The standard InChI is InChI=1S/C25H21FN4O3S/c1-3-32-19-12-10-18(11-13-19)30-15(2)21(24-28-23(29-33-24)20-5-4-14-34-20)22(27-25(30)31)16-6-8-17(26)9-7-16/h4-14,22H,3H2,1-2H3,(H,27,31). The first-order valence-electron chi connectivity index (χ1n) is 10.7. The van der Waals surface area contributed by atoms with Gasteiger partial charge in [0, 0.05) is 5.70 Å². The summed E-state index contributed by atoms with van der Waals surface area (Å²) in [4.78, 5) is 20.3. The zero-order chi connectivity index (χ0) is 23.7. The summed E-state index contributed by atoms with van der Waals surface area (Å²) in [6.45, 7) is 4.29. The van der Waals surface area contributed by atoms with E-state index in [1.54, 1.807) is 17.0 Å². The summed E-state index contributed by atoms with van der Waals surface area (Å²) in [5.41, 5.74) is 2.62. The molecule has 0 radical (unpaired) electrons. The van der Waals surface area contributed by atoms with Gasteiger partial charge in [0.25, 0.3) is 5.89 Å². The van der Waals surface area contributed by atoms with Gasteiger partial charge in [-0.15, -0.1) is 11.3 Å². The Kier molecular flexibility index (Phi) is 5.85. The van der Waals surface area contributed by atoms with Crippen LogP contribution >= 0.6 is 11.3 Å². The highest BCUT2D eigenvalue weighted by Gasteiger charge is 2.36. The fourth-order valence-electron chi connectivity index (χ4n) is 3.93. The number of anilines is 1. The molecule has 1 atom stereocenters. The normalized spacial score (nSPS) is 16.0. The van der Waals surface area contributed by atoms with Crippen LogP contribution in [0.2, 0.25) is 0 Å². The van der Waals surface area contributed by atoms with Crippen molar-refractivity contribution in [2.24, 2.45) is 0 Å². The molecule has 2 aromatic heterocycles. The molecule has 1 N–H and O–H groups in total. The van der Waals surface area contributed by atoms with Gasteiger partial charge in [0.2, 0.25) is 5.82 Å². The zero-order valence-corrected chi connectivity index (χ0v) is 19.3. The number of amides is 2. The monoisotopic (exact) mass is 476 g/mol. The number of rotatable bonds is 6. The third kappa shape index (κ3) is 4.06.